The summed E-state index contributed by atoms with van der Waals surface area (Å²) in [6.45, 7) is 2.12. The van der Waals surface area contributed by atoms with Crippen molar-refractivity contribution >= 4 is 23.2 Å². The first-order valence-electron chi connectivity index (χ1n) is 5.15. The van der Waals surface area contributed by atoms with Crippen molar-refractivity contribution in [2.75, 3.05) is 19.3 Å². The highest BCUT2D eigenvalue weighted by Gasteiger charge is 2.16. The molecule has 90 valence electrons. The van der Waals surface area contributed by atoms with Gasteiger partial charge in [0.15, 0.2) is 0 Å². The van der Waals surface area contributed by atoms with Crippen LogP contribution in [0.25, 0.3) is 0 Å². The maximum absolute atomic E-state index is 12.0. The van der Waals surface area contributed by atoms with Crippen molar-refractivity contribution in [2.24, 2.45) is 5.92 Å². The molecule has 1 rings (SSSR count). The quantitative estimate of drug-likeness (QED) is 0.837. The first kappa shape index (κ1) is 13.3. The van der Waals surface area contributed by atoms with Gasteiger partial charge in [0.25, 0.3) is 5.91 Å². The zero-order chi connectivity index (χ0) is 13.0. The lowest BCUT2D eigenvalue weighted by atomic mass is 10.1. The average Bonchev–Trinajstić information content (AvgIpc) is 2.31. The summed E-state index contributed by atoms with van der Waals surface area (Å²) >= 11 is 5.82. The standard InChI is InChI=1S/C12H14ClN3O/c1-8(6-14)7-16(2)12(17)10-5-9(13)3-4-11(10)15/h3-5,8H,7,15H2,1-2H3. The molecule has 17 heavy (non-hydrogen) atoms. The molecule has 0 aliphatic carbocycles. The maximum Gasteiger partial charge on any atom is 0.255 e. The minimum atomic E-state index is -0.230. The zero-order valence-corrected chi connectivity index (χ0v) is 10.5. The van der Waals surface area contributed by atoms with E-state index in [-0.39, 0.29) is 11.8 Å². The van der Waals surface area contributed by atoms with Crippen LogP contribution in [0.15, 0.2) is 18.2 Å². The monoisotopic (exact) mass is 251 g/mol. The number of amides is 1. The number of nitrogen functional groups attached to an aromatic ring is 1. The van der Waals surface area contributed by atoms with Gasteiger partial charge in [-0.1, -0.05) is 11.6 Å². The summed E-state index contributed by atoms with van der Waals surface area (Å²) in [6, 6.07) is 6.84. The van der Waals surface area contributed by atoms with E-state index in [1.54, 1.807) is 26.1 Å². The lowest BCUT2D eigenvalue weighted by molar-refractivity contribution is 0.0786. The predicted molar refractivity (Wildman–Crippen MR) is 67.6 cm³/mol. The van der Waals surface area contributed by atoms with Crippen LogP contribution >= 0.6 is 11.6 Å². The van der Waals surface area contributed by atoms with Crippen LogP contribution in [-0.2, 0) is 0 Å². The van der Waals surface area contributed by atoms with Crippen LogP contribution < -0.4 is 5.73 Å². The molecule has 0 aromatic heterocycles. The van der Waals surface area contributed by atoms with E-state index in [0.29, 0.717) is 22.8 Å². The number of hydrogen-bond acceptors (Lipinski definition) is 3. The van der Waals surface area contributed by atoms with Crippen LogP contribution in [0.1, 0.15) is 17.3 Å². The molecular formula is C12H14ClN3O. The Bertz CT molecular complexity index is 467. The summed E-state index contributed by atoms with van der Waals surface area (Å²) in [4.78, 5) is 13.5. The molecule has 1 aromatic carbocycles. The number of carbonyl (C=O) groups excluding carboxylic acids is 1. The molecular weight excluding hydrogens is 238 g/mol. The van der Waals surface area contributed by atoms with Crippen molar-refractivity contribution in [1.29, 1.82) is 5.26 Å². The number of rotatable bonds is 3. The van der Waals surface area contributed by atoms with E-state index in [1.807, 2.05) is 0 Å². The molecule has 1 atom stereocenters. The molecule has 0 saturated carbocycles. The van der Waals surface area contributed by atoms with Crippen LogP contribution in [0, 0.1) is 17.2 Å². The predicted octanol–water partition coefficient (Wildman–Crippen LogP) is 2.15. The second-order valence-electron chi connectivity index (χ2n) is 3.95. The zero-order valence-electron chi connectivity index (χ0n) is 9.77. The van der Waals surface area contributed by atoms with Gasteiger partial charge in [-0.15, -0.1) is 0 Å². The van der Waals surface area contributed by atoms with Gasteiger partial charge in [0, 0.05) is 24.3 Å². The van der Waals surface area contributed by atoms with Crippen LogP contribution in [0.2, 0.25) is 5.02 Å². The number of anilines is 1. The molecule has 0 heterocycles. The third kappa shape index (κ3) is 3.36. The van der Waals surface area contributed by atoms with Gasteiger partial charge in [-0.05, 0) is 25.1 Å². The van der Waals surface area contributed by atoms with E-state index in [2.05, 4.69) is 6.07 Å². The molecule has 0 radical (unpaired) electrons. The third-order valence-corrected chi connectivity index (χ3v) is 2.60. The normalized spacial score (nSPS) is 11.6. The second-order valence-corrected chi connectivity index (χ2v) is 4.38. The van der Waals surface area contributed by atoms with E-state index in [0.717, 1.165) is 0 Å². The Kier molecular flexibility index (Phi) is 4.36. The molecule has 2 N–H and O–H groups in total. The van der Waals surface area contributed by atoms with E-state index in [1.165, 1.54) is 11.0 Å². The molecule has 0 aliphatic heterocycles. The number of halogens is 1. The highest BCUT2D eigenvalue weighted by atomic mass is 35.5. The molecule has 0 bridgehead atoms. The molecule has 0 saturated heterocycles. The van der Waals surface area contributed by atoms with Gasteiger partial charge in [-0.25, -0.2) is 0 Å². The largest absolute Gasteiger partial charge is 0.398 e. The molecule has 0 aliphatic rings. The van der Waals surface area contributed by atoms with Crippen LogP contribution in [-0.4, -0.2) is 24.4 Å². The van der Waals surface area contributed by atoms with Gasteiger partial charge in [-0.2, -0.15) is 5.26 Å². The molecule has 5 heteroatoms. The fraction of sp³-hybridized carbons (Fsp3) is 0.333. The maximum atomic E-state index is 12.0. The summed E-state index contributed by atoms with van der Waals surface area (Å²) in [6.07, 6.45) is 0. The van der Waals surface area contributed by atoms with Gasteiger partial charge in [0.2, 0.25) is 0 Å². The average molecular weight is 252 g/mol. The Labute approximate surface area is 106 Å². The summed E-state index contributed by atoms with van der Waals surface area (Å²) in [7, 11) is 1.64. The van der Waals surface area contributed by atoms with E-state index >= 15 is 0 Å². The fourth-order valence-corrected chi connectivity index (χ4v) is 1.63. The van der Waals surface area contributed by atoms with Crippen molar-refractivity contribution in [2.45, 2.75) is 6.92 Å². The highest BCUT2D eigenvalue weighted by Crippen LogP contribution is 2.19. The van der Waals surface area contributed by atoms with Crippen LogP contribution in [0.3, 0.4) is 0 Å². The van der Waals surface area contributed by atoms with Gasteiger partial charge in [0.05, 0.1) is 17.6 Å². The Morgan fingerprint density at radius 1 is 1.65 bits per heavy atom. The van der Waals surface area contributed by atoms with Gasteiger partial charge in [-0.3, -0.25) is 4.79 Å². The number of nitrogens with zero attached hydrogens (tertiary/aromatic N) is 2. The lowest BCUT2D eigenvalue weighted by Crippen LogP contribution is -2.31. The smallest absolute Gasteiger partial charge is 0.255 e. The summed E-state index contributed by atoms with van der Waals surface area (Å²) in [5.74, 6) is -0.448. The van der Waals surface area contributed by atoms with E-state index in [9.17, 15) is 4.79 Å². The third-order valence-electron chi connectivity index (χ3n) is 2.36. The SMILES string of the molecule is CC(C#N)CN(C)C(=O)c1cc(Cl)ccc1N. The molecule has 4 nitrogen and oxygen atoms in total. The summed E-state index contributed by atoms with van der Waals surface area (Å²) in [5.41, 5.74) is 6.47. The van der Waals surface area contributed by atoms with Crippen LogP contribution in [0.5, 0.6) is 0 Å². The Morgan fingerprint density at radius 2 is 2.29 bits per heavy atom. The van der Waals surface area contributed by atoms with Crippen molar-refractivity contribution < 1.29 is 4.79 Å². The van der Waals surface area contributed by atoms with Crippen molar-refractivity contribution in [3.05, 3.63) is 28.8 Å². The molecule has 1 aromatic rings. The van der Waals surface area contributed by atoms with E-state index < -0.39 is 0 Å². The molecule has 1 amide bonds. The molecule has 0 fully saturated rings. The number of benzene rings is 1. The molecule has 1 unspecified atom stereocenters. The Balaban J connectivity index is 2.89. The number of nitrogens with two attached hydrogens (primary N) is 1. The first-order chi connectivity index (χ1) is 7.95. The summed E-state index contributed by atoms with van der Waals surface area (Å²) < 4.78 is 0. The number of hydrogen-bond donors (Lipinski definition) is 1. The van der Waals surface area contributed by atoms with Crippen molar-refractivity contribution in [1.82, 2.24) is 4.90 Å². The Hall–Kier alpha value is -1.73. The fourth-order valence-electron chi connectivity index (χ4n) is 1.45. The Morgan fingerprint density at radius 3 is 2.88 bits per heavy atom. The van der Waals surface area contributed by atoms with Gasteiger partial charge < -0.3 is 10.6 Å². The highest BCUT2D eigenvalue weighted by molar-refractivity contribution is 6.31. The van der Waals surface area contributed by atoms with Crippen molar-refractivity contribution in [3.63, 3.8) is 0 Å². The first-order valence-corrected chi connectivity index (χ1v) is 5.53. The topological polar surface area (TPSA) is 70.1 Å². The second kappa shape index (κ2) is 5.55. The lowest BCUT2D eigenvalue weighted by Gasteiger charge is -2.19. The van der Waals surface area contributed by atoms with Crippen LogP contribution in [0.4, 0.5) is 5.69 Å². The van der Waals surface area contributed by atoms with Gasteiger partial charge in [0.1, 0.15) is 0 Å². The van der Waals surface area contributed by atoms with E-state index in [4.69, 9.17) is 22.6 Å². The minimum Gasteiger partial charge on any atom is -0.398 e. The molecule has 0 spiro atoms. The minimum absolute atomic E-state index is 0.218. The number of carbonyl (C=O) groups is 1. The van der Waals surface area contributed by atoms with Crippen molar-refractivity contribution in [3.8, 4) is 6.07 Å². The number of nitriles is 1. The van der Waals surface area contributed by atoms with Gasteiger partial charge >= 0.3 is 0 Å². The summed E-state index contributed by atoms with van der Waals surface area (Å²) in [5, 5.41) is 9.16.